The summed E-state index contributed by atoms with van der Waals surface area (Å²) in [5.41, 5.74) is 4.79. The zero-order valence-corrected chi connectivity index (χ0v) is 19.1. The Kier molecular flexibility index (Phi) is 4.91. The molecule has 0 aliphatic carbocycles. The number of pyridine rings is 1. The summed E-state index contributed by atoms with van der Waals surface area (Å²) in [7, 11) is 4.68. The highest BCUT2D eigenvalue weighted by atomic mass is 16.7. The van der Waals surface area contributed by atoms with Gasteiger partial charge in [-0.25, -0.2) is 15.0 Å². The predicted octanol–water partition coefficient (Wildman–Crippen LogP) is 4.94. The van der Waals surface area contributed by atoms with Crippen molar-refractivity contribution in [1.82, 2.24) is 15.0 Å². The number of hydrogen-bond acceptors (Lipinski definition) is 10. The maximum Gasteiger partial charge on any atom is 0.231 e. The molecule has 1 N–H and O–H groups in total. The van der Waals surface area contributed by atoms with Gasteiger partial charge in [0.1, 0.15) is 17.4 Å². The lowest BCUT2D eigenvalue weighted by Gasteiger charge is -2.14. The molecule has 5 aromatic rings. The van der Waals surface area contributed by atoms with Crippen molar-refractivity contribution in [3.8, 4) is 39.9 Å². The molecule has 0 amide bonds. The normalized spacial score (nSPS) is 12.2. The molecule has 35 heavy (non-hydrogen) atoms. The van der Waals surface area contributed by atoms with Gasteiger partial charge in [0, 0.05) is 29.6 Å². The summed E-state index contributed by atoms with van der Waals surface area (Å²) in [5.74, 6) is 3.43. The van der Waals surface area contributed by atoms with E-state index in [4.69, 9.17) is 28.1 Å². The Balaban J connectivity index is 1.41. The largest absolute Gasteiger partial charge is 0.493 e. The first-order valence-corrected chi connectivity index (χ1v) is 10.7. The van der Waals surface area contributed by atoms with Crippen LogP contribution in [-0.2, 0) is 0 Å². The molecule has 10 nitrogen and oxygen atoms in total. The fourth-order valence-corrected chi connectivity index (χ4v) is 4.06. The number of fused-ring (bicyclic) bond motifs is 4. The van der Waals surface area contributed by atoms with Crippen molar-refractivity contribution in [3.63, 3.8) is 0 Å². The Morgan fingerprint density at radius 1 is 0.800 bits per heavy atom. The molecule has 176 valence electrons. The molecule has 0 saturated carbocycles. The Hall–Kier alpha value is -4.73. The lowest BCUT2D eigenvalue weighted by molar-refractivity contribution is 0.174. The second-order valence-electron chi connectivity index (χ2n) is 7.68. The number of methoxy groups -OCH3 is 3. The van der Waals surface area contributed by atoms with Crippen molar-refractivity contribution < 1.29 is 28.1 Å². The minimum atomic E-state index is 0.222. The third-order valence-corrected chi connectivity index (χ3v) is 5.73. The van der Waals surface area contributed by atoms with Crippen LogP contribution in [0.5, 0.6) is 28.7 Å². The van der Waals surface area contributed by atoms with Crippen molar-refractivity contribution in [2.24, 2.45) is 0 Å². The molecule has 2 aromatic carbocycles. The van der Waals surface area contributed by atoms with E-state index >= 15 is 0 Å². The van der Waals surface area contributed by atoms with Gasteiger partial charge in [-0.3, -0.25) is 0 Å². The van der Waals surface area contributed by atoms with Crippen LogP contribution in [0.25, 0.3) is 33.3 Å². The monoisotopic (exact) mass is 472 g/mol. The van der Waals surface area contributed by atoms with Crippen LogP contribution in [0.4, 0.5) is 11.5 Å². The second kappa shape index (κ2) is 8.24. The van der Waals surface area contributed by atoms with Gasteiger partial charge in [-0.05, 0) is 23.8 Å². The molecule has 10 heteroatoms. The molecule has 1 aliphatic heterocycles. The fourth-order valence-electron chi connectivity index (χ4n) is 4.06. The zero-order chi connectivity index (χ0) is 23.9. The molecule has 0 spiro atoms. The summed E-state index contributed by atoms with van der Waals surface area (Å²) in [6, 6.07) is 11.2. The molecule has 6 rings (SSSR count). The van der Waals surface area contributed by atoms with Crippen LogP contribution in [-0.4, -0.2) is 43.1 Å². The average molecular weight is 472 g/mol. The van der Waals surface area contributed by atoms with E-state index in [1.807, 2.05) is 24.3 Å². The molecule has 1 aliphatic rings. The molecule has 0 atom stereocenters. The summed E-state index contributed by atoms with van der Waals surface area (Å²) in [6.45, 7) is 0.222. The smallest absolute Gasteiger partial charge is 0.231 e. The van der Waals surface area contributed by atoms with Crippen LogP contribution < -0.4 is 29.0 Å². The third-order valence-electron chi connectivity index (χ3n) is 5.73. The summed E-state index contributed by atoms with van der Waals surface area (Å²) < 4.78 is 33.4. The van der Waals surface area contributed by atoms with E-state index in [1.165, 1.54) is 6.33 Å². The molecular formula is C25H20N4O6. The number of nitrogens with zero attached hydrogens (tertiary/aromatic N) is 3. The van der Waals surface area contributed by atoms with Gasteiger partial charge in [0.25, 0.3) is 0 Å². The predicted molar refractivity (Wildman–Crippen MR) is 128 cm³/mol. The zero-order valence-electron chi connectivity index (χ0n) is 19.1. The van der Waals surface area contributed by atoms with Crippen molar-refractivity contribution in [2.45, 2.75) is 0 Å². The van der Waals surface area contributed by atoms with Gasteiger partial charge in [0.15, 0.2) is 40.0 Å². The topological polar surface area (TPSA) is 110 Å². The first-order chi connectivity index (χ1) is 17.2. The number of furan rings is 1. The Morgan fingerprint density at radius 2 is 1.60 bits per heavy atom. The number of aromatic nitrogens is 3. The number of hydrogen-bond donors (Lipinski definition) is 1. The van der Waals surface area contributed by atoms with Crippen LogP contribution in [0.3, 0.4) is 0 Å². The molecule has 0 fully saturated rings. The van der Waals surface area contributed by atoms with Gasteiger partial charge in [-0.2, -0.15) is 0 Å². The van der Waals surface area contributed by atoms with Gasteiger partial charge in [0.05, 0.1) is 21.3 Å². The Morgan fingerprint density at radius 3 is 2.37 bits per heavy atom. The van der Waals surface area contributed by atoms with E-state index in [2.05, 4.69) is 20.3 Å². The van der Waals surface area contributed by atoms with Gasteiger partial charge in [-0.15, -0.1) is 0 Å². The SMILES string of the molecule is COc1cc(Nc2ncnc3c2oc2cc(-c4ccc5c(c4)OCO5)cnc23)cc(OC)c1OC. The lowest BCUT2D eigenvalue weighted by Crippen LogP contribution is -1.99. The summed E-state index contributed by atoms with van der Waals surface area (Å²) in [6.07, 6.45) is 3.24. The van der Waals surface area contributed by atoms with E-state index in [0.717, 1.165) is 16.9 Å². The number of benzene rings is 2. The Bertz CT molecular complexity index is 1560. The van der Waals surface area contributed by atoms with E-state index in [1.54, 1.807) is 39.7 Å². The fraction of sp³-hybridized carbons (Fsp3) is 0.160. The highest BCUT2D eigenvalue weighted by Gasteiger charge is 2.19. The van der Waals surface area contributed by atoms with Crippen molar-refractivity contribution in [1.29, 1.82) is 0 Å². The van der Waals surface area contributed by atoms with Crippen LogP contribution in [0, 0.1) is 0 Å². The summed E-state index contributed by atoms with van der Waals surface area (Å²) in [4.78, 5) is 13.4. The highest BCUT2D eigenvalue weighted by Crippen LogP contribution is 2.42. The molecule has 0 unspecified atom stereocenters. The van der Waals surface area contributed by atoms with Gasteiger partial charge in [0.2, 0.25) is 12.5 Å². The number of rotatable bonds is 6. The number of ether oxygens (including phenoxy) is 5. The van der Waals surface area contributed by atoms with Crippen molar-refractivity contribution >= 4 is 33.7 Å². The standard InChI is InChI=1S/C25H20N4O6/c1-30-19-8-15(9-20(31-2)23(19)32-3)29-25-24-22(27-11-28-25)21-18(35-24)7-14(10-26-21)13-4-5-16-17(6-13)34-12-33-16/h4-11H,12H2,1-3H3,(H,27,28,29). The molecule has 3 aromatic heterocycles. The van der Waals surface area contributed by atoms with Crippen LogP contribution in [0.2, 0.25) is 0 Å². The first kappa shape index (κ1) is 20.8. The maximum atomic E-state index is 6.18. The average Bonchev–Trinajstić information content (AvgIpc) is 3.52. The number of anilines is 2. The highest BCUT2D eigenvalue weighted by molar-refractivity contribution is 6.04. The Labute approximate surface area is 199 Å². The van der Waals surface area contributed by atoms with E-state index in [0.29, 0.717) is 56.7 Å². The third kappa shape index (κ3) is 3.46. The quantitative estimate of drug-likeness (QED) is 0.365. The summed E-state index contributed by atoms with van der Waals surface area (Å²) in [5, 5.41) is 3.26. The second-order valence-corrected chi connectivity index (χ2v) is 7.68. The van der Waals surface area contributed by atoms with Gasteiger partial charge < -0.3 is 33.4 Å². The molecular weight excluding hydrogens is 452 g/mol. The van der Waals surface area contributed by atoms with Gasteiger partial charge in [-0.1, -0.05) is 6.07 Å². The molecule has 4 heterocycles. The molecule has 0 radical (unpaired) electrons. The van der Waals surface area contributed by atoms with E-state index < -0.39 is 0 Å². The van der Waals surface area contributed by atoms with Crippen molar-refractivity contribution in [3.05, 3.63) is 48.9 Å². The summed E-state index contributed by atoms with van der Waals surface area (Å²) >= 11 is 0. The van der Waals surface area contributed by atoms with E-state index in [9.17, 15) is 0 Å². The minimum Gasteiger partial charge on any atom is -0.493 e. The molecule has 0 saturated heterocycles. The van der Waals surface area contributed by atoms with Crippen LogP contribution in [0.1, 0.15) is 0 Å². The van der Waals surface area contributed by atoms with Crippen LogP contribution in [0.15, 0.2) is 53.3 Å². The maximum absolute atomic E-state index is 6.18. The van der Waals surface area contributed by atoms with E-state index in [-0.39, 0.29) is 6.79 Å². The van der Waals surface area contributed by atoms with Gasteiger partial charge >= 0.3 is 0 Å². The van der Waals surface area contributed by atoms with Crippen molar-refractivity contribution in [2.75, 3.05) is 33.4 Å². The van der Waals surface area contributed by atoms with Crippen LogP contribution >= 0.6 is 0 Å². The molecule has 0 bridgehead atoms. The lowest BCUT2D eigenvalue weighted by atomic mass is 10.1. The first-order valence-electron chi connectivity index (χ1n) is 10.7. The minimum absolute atomic E-state index is 0.222. The number of nitrogens with one attached hydrogen (secondary N) is 1.